The van der Waals surface area contributed by atoms with E-state index in [2.05, 4.69) is 5.10 Å². The van der Waals surface area contributed by atoms with Crippen LogP contribution in [0.4, 0.5) is 10.1 Å². The van der Waals surface area contributed by atoms with Crippen molar-refractivity contribution in [2.24, 2.45) is 7.05 Å². The number of hydrogen-bond donors (Lipinski definition) is 0. The van der Waals surface area contributed by atoms with Gasteiger partial charge in [0.15, 0.2) is 0 Å². The molecule has 0 bridgehead atoms. The Morgan fingerprint density at radius 2 is 2.00 bits per heavy atom. The lowest BCUT2D eigenvalue weighted by Crippen LogP contribution is -2.30. The Morgan fingerprint density at radius 1 is 1.25 bits per heavy atom. The highest BCUT2D eigenvalue weighted by Crippen LogP contribution is 2.30. The molecule has 1 aliphatic rings. The Kier molecular flexibility index (Phi) is 2.67. The van der Waals surface area contributed by atoms with Crippen molar-refractivity contribution in [2.45, 2.75) is 13.5 Å². The van der Waals surface area contributed by atoms with Crippen LogP contribution in [0.2, 0.25) is 0 Å². The number of aryl methyl sites for hydroxylation is 2. The predicted octanol–water partition coefficient (Wildman–Crippen LogP) is 1.60. The fraction of sp³-hybridized carbons (Fsp3) is 0.214. The largest absolute Gasteiger partial charge is 0.299 e. The van der Waals surface area contributed by atoms with Crippen molar-refractivity contribution in [1.29, 1.82) is 0 Å². The van der Waals surface area contributed by atoms with Crippen molar-refractivity contribution in [3.05, 3.63) is 47.0 Å². The number of amides is 1. The van der Waals surface area contributed by atoms with Crippen LogP contribution in [0.15, 0.2) is 24.3 Å². The number of aromatic nitrogens is 2. The summed E-state index contributed by atoms with van der Waals surface area (Å²) in [6, 6.07) is 5.57. The van der Waals surface area contributed by atoms with Crippen LogP contribution in [0, 0.1) is 12.7 Å². The molecule has 20 heavy (non-hydrogen) atoms. The molecule has 0 aliphatic carbocycles. The number of hydrogen-bond acceptors (Lipinski definition) is 3. The standard InChI is InChI=1S/C14H12FN3O2/c1-8-5-10(17(2)16-8)7-18-12-6-9(15)3-4-11(12)13(19)14(18)20/h3-6H,7H2,1-2H3. The van der Waals surface area contributed by atoms with E-state index in [1.165, 1.54) is 23.1 Å². The Balaban J connectivity index is 2.03. The molecule has 2 heterocycles. The zero-order valence-electron chi connectivity index (χ0n) is 11.1. The van der Waals surface area contributed by atoms with Crippen molar-refractivity contribution in [2.75, 3.05) is 4.90 Å². The minimum atomic E-state index is -0.635. The molecular formula is C14H12FN3O2. The molecule has 3 rings (SSSR count). The first-order valence-electron chi connectivity index (χ1n) is 6.12. The van der Waals surface area contributed by atoms with Gasteiger partial charge in [0.05, 0.1) is 29.2 Å². The van der Waals surface area contributed by atoms with Crippen LogP contribution in [-0.4, -0.2) is 21.5 Å². The second-order valence-electron chi connectivity index (χ2n) is 4.78. The molecular weight excluding hydrogens is 261 g/mol. The average molecular weight is 273 g/mol. The van der Waals surface area contributed by atoms with E-state index in [9.17, 15) is 14.0 Å². The summed E-state index contributed by atoms with van der Waals surface area (Å²) in [6.45, 7) is 2.03. The summed E-state index contributed by atoms with van der Waals surface area (Å²) in [5.41, 5.74) is 2.16. The van der Waals surface area contributed by atoms with Crippen LogP contribution >= 0.6 is 0 Å². The number of ketones is 1. The van der Waals surface area contributed by atoms with E-state index in [0.29, 0.717) is 5.69 Å². The van der Waals surface area contributed by atoms with Crippen molar-refractivity contribution >= 4 is 17.4 Å². The van der Waals surface area contributed by atoms with Gasteiger partial charge in [-0.1, -0.05) is 0 Å². The lowest BCUT2D eigenvalue weighted by molar-refractivity contribution is -0.114. The van der Waals surface area contributed by atoms with Gasteiger partial charge in [-0.2, -0.15) is 5.10 Å². The summed E-state index contributed by atoms with van der Waals surface area (Å²) < 4.78 is 15.0. The fourth-order valence-electron chi connectivity index (χ4n) is 2.40. The quantitative estimate of drug-likeness (QED) is 0.781. The molecule has 1 aromatic carbocycles. The highest BCUT2D eigenvalue weighted by Gasteiger charge is 2.36. The van der Waals surface area contributed by atoms with Crippen molar-refractivity contribution in [1.82, 2.24) is 9.78 Å². The van der Waals surface area contributed by atoms with E-state index < -0.39 is 17.5 Å². The third kappa shape index (κ3) is 1.80. The maximum Gasteiger partial charge on any atom is 0.299 e. The molecule has 0 saturated carbocycles. The average Bonchev–Trinajstić information content (AvgIpc) is 2.82. The number of fused-ring (bicyclic) bond motifs is 1. The molecule has 6 heteroatoms. The molecule has 1 aliphatic heterocycles. The van der Waals surface area contributed by atoms with E-state index in [4.69, 9.17) is 0 Å². The monoisotopic (exact) mass is 273 g/mol. The van der Waals surface area contributed by atoms with E-state index >= 15 is 0 Å². The Hall–Kier alpha value is -2.50. The summed E-state index contributed by atoms with van der Waals surface area (Å²) in [5.74, 6) is -1.71. The second-order valence-corrected chi connectivity index (χ2v) is 4.78. The van der Waals surface area contributed by atoms with Gasteiger partial charge in [0.2, 0.25) is 0 Å². The number of benzene rings is 1. The third-order valence-corrected chi connectivity index (χ3v) is 3.35. The van der Waals surface area contributed by atoms with Crippen molar-refractivity contribution in [3.63, 3.8) is 0 Å². The maximum atomic E-state index is 13.3. The molecule has 0 fully saturated rings. The zero-order valence-corrected chi connectivity index (χ0v) is 11.1. The molecule has 2 aromatic rings. The second kappa shape index (κ2) is 4.26. The molecule has 0 radical (unpaired) electrons. The molecule has 1 aromatic heterocycles. The van der Waals surface area contributed by atoms with Gasteiger partial charge in [-0.15, -0.1) is 0 Å². The SMILES string of the molecule is Cc1cc(CN2C(=O)C(=O)c3ccc(F)cc32)n(C)n1. The Labute approximate surface area is 114 Å². The smallest absolute Gasteiger partial charge is 0.299 e. The molecule has 0 saturated heterocycles. The van der Waals surface area contributed by atoms with E-state index in [-0.39, 0.29) is 12.1 Å². The van der Waals surface area contributed by atoms with Crippen LogP contribution in [0.1, 0.15) is 21.7 Å². The lowest BCUT2D eigenvalue weighted by Gasteiger charge is -2.16. The number of carbonyl (C=O) groups excluding carboxylic acids is 2. The fourth-order valence-corrected chi connectivity index (χ4v) is 2.40. The van der Waals surface area contributed by atoms with Crippen molar-refractivity contribution in [3.8, 4) is 0 Å². The molecule has 0 N–H and O–H groups in total. The number of Topliss-reactive ketones (excluding diaryl/α,β-unsaturated/α-hetero) is 1. The Morgan fingerprint density at radius 3 is 2.65 bits per heavy atom. The summed E-state index contributed by atoms with van der Waals surface area (Å²) in [5, 5.41) is 4.19. The van der Waals surface area contributed by atoms with Gasteiger partial charge in [0.25, 0.3) is 11.7 Å². The highest BCUT2D eigenvalue weighted by atomic mass is 19.1. The van der Waals surface area contributed by atoms with Gasteiger partial charge in [0.1, 0.15) is 5.82 Å². The summed E-state index contributed by atoms with van der Waals surface area (Å²) >= 11 is 0. The van der Waals surface area contributed by atoms with Gasteiger partial charge in [0, 0.05) is 7.05 Å². The van der Waals surface area contributed by atoms with Gasteiger partial charge >= 0.3 is 0 Å². The molecule has 0 unspecified atom stereocenters. The van der Waals surface area contributed by atoms with E-state index in [1.807, 2.05) is 13.0 Å². The van der Waals surface area contributed by atoms with Gasteiger partial charge in [-0.05, 0) is 31.2 Å². The molecule has 1 amide bonds. The van der Waals surface area contributed by atoms with Crippen LogP contribution in [0.3, 0.4) is 0 Å². The van der Waals surface area contributed by atoms with Crippen molar-refractivity contribution < 1.29 is 14.0 Å². The first-order valence-corrected chi connectivity index (χ1v) is 6.12. The van der Waals surface area contributed by atoms with E-state index in [0.717, 1.165) is 11.4 Å². The van der Waals surface area contributed by atoms with Gasteiger partial charge < -0.3 is 0 Å². The van der Waals surface area contributed by atoms with Gasteiger partial charge in [-0.25, -0.2) is 4.39 Å². The molecule has 0 atom stereocenters. The van der Waals surface area contributed by atoms with Gasteiger partial charge in [-0.3, -0.25) is 19.2 Å². The molecule has 0 spiro atoms. The minimum absolute atomic E-state index is 0.193. The number of carbonyl (C=O) groups is 2. The first-order chi connectivity index (χ1) is 9.47. The number of halogens is 1. The topological polar surface area (TPSA) is 55.2 Å². The van der Waals surface area contributed by atoms with Crippen LogP contribution in [0.25, 0.3) is 0 Å². The third-order valence-electron chi connectivity index (χ3n) is 3.35. The normalized spacial score (nSPS) is 14.1. The van der Waals surface area contributed by atoms with Crippen LogP contribution in [0.5, 0.6) is 0 Å². The minimum Gasteiger partial charge on any atom is -0.299 e. The first kappa shape index (κ1) is 12.5. The summed E-state index contributed by atoms with van der Waals surface area (Å²) in [6.07, 6.45) is 0. The number of nitrogens with zero attached hydrogens (tertiary/aromatic N) is 3. The molecule has 5 nitrogen and oxygen atoms in total. The number of anilines is 1. The maximum absolute atomic E-state index is 13.3. The zero-order chi connectivity index (χ0) is 14.4. The lowest BCUT2D eigenvalue weighted by atomic mass is 10.1. The van der Waals surface area contributed by atoms with Crippen LogP contribution in [-0.2, 0) is 18.4 Å². The number of rotatable bonds is 2. The summed E-state index contributed by atoms with van der Waals surface area (Å²) in [4.78, 5) is 25.2. The summed E-state index contributed by atoms with van der Waals surface area (Å²) in [7, 11) is 1.76. The predicted molar refractivity (Wildman–Crippen MR) is 69.9 cm³/mol. The van der Waals surface area contributed by atoms with Crippen LogP contribution < -0.4 is 4.90 Å². The highest BCUT2D eigenvalue weighted by molar-refractivity contribution is 6.52. The van der Waals surface area contributed by atoms with E-state index in [1.54, 1.807) is 11.7 Å². The molecule has 102 valence electrons. The Bertz CT molecular complexity index is 736.